The molecule has 144 valence electrons. The second-order valence-corrected chi connectivity index (χ2v) is 7.53. The van der Waals surface area contributed by atoms with E-state index in [4.69, 9.17) is 9.47 Å². The van der Waals surface area contributed by atoms with Crippen molar-refractivity contribution in [2.24, 2.45) is 5.92 Å². The quantitative estimate of drug-likeness (QED) is 0.811. The first-order valence-electron chi connectivity index (χ1n) is 9.83. The Kier molecular flexibility index (Phi) is 5.43. The third kappa shape index (κ3) is 4.00. The smallest absolute Gasteiger partial charge is 0.257 e. The van der Waals surface area contributed by atoms with Crippen LogP contribution in [0.25, 0.3) is 11.3 Å². The molecule has 1 aromatic heterocycles. The Morgan fingerprint density at radius 2 is 2.19 bits per heavy atom. The lowest BCUT2D eigenvalue weighted by atomic mass is 9.85. The molecule has 1 atom stereocenters. The molecule has 1 N–H and O–H groups in total. The summed E-state index contributed by atoms with van der Waals surface area (Å²) in [5.41, 5.74) is 2.25. The van der Waals surface area contributed by atoms with Crippen molar-refractivity contribution < 1.29 is 14.3 Å². The van der Waals surface area contributed by atoms with Crippen molar-refractivity contribution in [3.8, 4) is 17.0 Å². The van der Waals surface area contributed by atoms with Crippen molar-refractivity contribution in [2.45, 2.75) is 38.2 Å². The van der Waals surface area contributed by atoms with Crippen molar-refractivity contribution in [3.05, 3.63) is 36.0 Å². The fourth-order valence-corrected chi connectivity index (χ4v) is 3.88. The number of carbonyl (C=O) groups excluding carboxylic acids is 1. The Morgan fingerprint density at radius 1 is 1.30 bits per heavy atom. The fourth-order valence-electron chi connectivity index (χ4n) is 3.88. The lowest BCUT2D eigenvalue weighted by molar-refractivity contribution is 0.0448. The first kappa shape index (κ1) is 18.0. The minimum atomic E-state index is 0.0315. The number of hydrogen-bond donors (Lipinski definition) is 1. The van der Waals surface area contributed by atoms with Gasteiger partial charge in [-0.25, -0.2) is 0 Å². The molecule has 6 heteroatoms. The van der Waals surface area contributed by atoms with E-state index in [1.54, 1.807) is 13.3 Å². The van der Waals surface area contributed by atoms with Crippen LogP contribution in [0.1, 0.15) is 42.5 Å². The number of amides is 1. The number of aromatic nitrogens is 2. The number of hydrogen-bond acceptors (Lipinski definition) is 4. The summed E-state index contributed by atoms with van der Waals surface area (Å²) in [4.78, 5) is 15.4. The molecule has 2 aromatic rings. The summed E-state index contributed by atoms with van der Waals surface area (Å²) in [6.45, 7) is 2.27. The highest BCUT2D eigenvalue weighted by Crippen LogP contribution is 2.30. The van der Waals surface area contributed by atoms with Gasteiger partial charge in [-0.2, -0.15) is 5.10 Å². The van der Waals surface area contributed by atoms with Gasteiger partial charge in [0.1, 0.15) is 5.75 Å². The van der Waals surface area contributed by atoms with Crippen molar-refractivity contribution >= 4 is 5.91 Å². The van der Waals surface area contributed by atoms with E-state index in [2.05, 4.69) is 10.2 Å². The Morgan fingerprint density at radius 3 is 2.89 bits per heavy atom. The van der Waals surface area contributed by atoms with Crippen LogP contribution in [0.4, 0.5) is 0 Å². The second kappa shape index (κ2) is 8.13. The van der Waals surface area contributed by atoms with Gasteiger partial charge in [0.15, 0.2) is 0 Å². The Bertz CT molecular complexity index is 778. The summed E-state index contributed by atoms with van der Waals surface area (Å²) in [5, 5.41) is 7.16. The molecule has 27 heavy (non-hydrogen) atoms. The zero-order valence-corrected chi connectivity index (χ0v) is 15.8. The highest BCUT2D eigenvalue weighted by atomic mass is 16.5. The van der Waals surface area contributed by atoms with E-state index >= 15 is 0 Å². The zero-order valence-electron chi connectivity index (χ0n) is 15.8. The van der Waals surface area contributed by atoms with Crippen LogP contribution in [-0.4, -0.2) is 53.9 Å². The Balaban J connectivity index is 1.57. The van der Waals surface area contributed by atoms with E-state index in [1.807, 2.05) is 29.2 Å². The molecule has 1 aromatic carbocycles. The molecule has 1 saturated carbocycles. The molecule has 1 saturated heterocycles. The summed E-state index contributed by atoms with van der Waals surface area (Å²) < 4.78 is 11.1. The van der Waals surface area contributed by atoms with Crippen molar-refractivity contribution in [1.82, 2.24) is 15.1 Å². The molecule has 0 radical (unpaired) electrons. The van der Waals surface area contributed by atoms with Gasteiger partial charge in [0, 0.05) is 25.3 Å². The minimum absolute atomic E-state index is 0.0315. The Hall–Kier alpha value is -2.34. The molecular formula is C21H27N3O3. The van der Waals surface area contributed by atoms with Gasteiger partial charge in [-0.1, -0.05) is 18.6 Å². The number of nitrogens with one attached hydrogen (secondary N) is 1. The standard InChI is InChI=1S/C21H27N3O3/c1-26-17-8-3-7-16(11-17)20-19(12-22-23-20)21(25)24(13-15-5-2-6-15)14-18-9-4-10-27-18/h3,7-8,11-12,15,18H,2,4-6,9-10,13-14H2,1H3,(H,22,23)/t18-/m1/s1. The summed E-state index contributed by atoms with van der Waals surface area (Å²) in [7, 11) is 1.64. The van der Waals surface area contributed by atoms with Crippen molar-refractivity contribution in [3.63, 3.8) is 0 Å². The second-order valence-electron chi connectivity index (χ2n) is 7.53. The number of nitrogens with zero attached hydrogens (tertiary/aromatic N) is 2. The average Bonchev–Trinajstić information content (AvgIpc) is 3.34. The van der Waals surface area contributed by atoms with Gasteiger partial charge in [0.2, 0.25) is 0 Å². The van der Waals surface area contributed by atoms with Crippen LogP contribution in [0.15, 0.2) is 30.5 Å². The highest BCUT2D eigenvalue weighted by Gasteiger charge is 2.29. The number of methoxy groups -OCH3 is 1. The molecular weight excluding hydrogens is 342 g/mol. The van der Waals surface area contributed by atoms with Crippen LogP contribution in [0.2, 0.25) is 0 Å². The molecule has 2 aliphatic rings. The van der Waals surface area contributed by atoms with Crippen LogP contribution in [0.3, 0.4) is 0 Å². The zero-order chi connectivity index (χ0) is 18.6. The van der Waals surface area contributed by atoms with Gasteiger partial charge in [-0.15, -0.1) is 0 Å². The minimum Gasteiger partial charge on any atom is -0.497 e. The lowest BCUT2D eigenvalue weighted by Crippen LogP contribution is -2.41. The average molecular weight is 369 g/mol. The molecule has 2 fully saturated rings. The maximum atomic E-state index is 13.4. The Labute approximate surface area is 159 Å². The maximum Gasteiger partial charge on any atom is 0.257 e. The molecule has 0 bridgehead atoms. The van der Waals surface area contributed by atoms with E-state index in [9.17, 15) is 4.79 Å². The van der Waals surface area contributed by atoms with Crippen molar-refractivity contribution in [1.29, 1.82) is 0 Å². The molecule has 1 aliphatic heterocycles. The van der Waals surface area contributed by atoms with Gasteiger partial charge >= 0.3 is 0 Å². The molecule has 4 rings (SSSR count). The normalized spacial score (nSPS) is 19.7. The van der Waals surface area contributed by atoms with Crippen molar-refractivity contribution in [2.75, 3.05) is 26.8 Å². The fraction of sp³-hybridized carbons (Fsp3) is 0.524. The number of carbonyl (C=O) groups is 1. The number of aromatic amines is 1. The summed E-state index contributed by atoms with van der Waals surface area (Å²) in [6.07, 6.45) is 7.60. The van der Waals surface area contributed by atoms with Gasteiger partial charge in [0.05, 0.1) is 30.7 Å². The molecule has 1 amide bonds. The molecule has 0 spiro atoms. The predicted octanol–water partition coefficient (Wildman–Crippen LogP) is 3.51. The first-order chi connectivity index (χ1) is 13.2. The topological polar surface area (TPSA) is 67.5 Å². The van der Waals surface area contributed by atoms with Crippen LogP contribution < -0.4 is 4.74 Å². The van der Waals surface area contributed by atoms with E-state index in [0.717, 1.165) is 43.0 Å². The highest BCUT2D eigenvalue weighted by molar-refractivity contribution is 5.99. The number of ether oxygens (including phenoxy) is 2. The number of H-pyrrole nitrogens is 1. The summed E-state index contributed by atoms with van der Waals surface area (Å²) >= 11 is 0. The maximum absolute atomic E-state index is 13.4. The molecule has 2 heterocycles. The summed E-state index contributed by atoms with van der Waals surface area (Å²) in [5.74, 6) is 1.40. The predicted molar refractivity (Wildman–Crippen MR) is 103 cm³/mol. The first-order valence-corrected chi connectivity index (χ1v) is 9.83. The van der Waals surface area contributed by atoms with Gasteiger partial charge in [-0.3, -0.25) is 9.89 Å². The van der Waals surface area contributed by atoms with Crippen LogP contribution >= 0.6 is 0 Å². The van der Waals surface area contributed by atoms with Gasteiger partial charge in [-0.05, 0) is 43.7 Å². The molecule has 0 unspecified atom stereocenters. The third-order valence-corrected chi connectivity index (χ3v) is 5.67. The van der Waals surface area contributed by atoms with Gasteiger partial charge < -0.3 is 14.4 Å². The molecule has 1 aliphatic carbocycles. The van der Waals surface area contributed by atoms with E-state index < -0.39 is 0 Å². The third-order valence-electron chi connectivity index (χ3n) is 5.67. The summed E-state index contributed by atoms with van der Waals surface area (Å²) in [6, 6.07) is 7.69. The van der Waals surface area contributed by atoms with Gasteiger partial charge in [0.25, 0.3) is 5.91 Å². The van der Waals surface area contributed by atoms with E-state index in [1.165, 1.54) is 19.3 Å². The monoisotopic (exact) mass is 369 g/mol. The lowest BCUT2D eigenvalue weighted by Gasteiger charge is -2.33. The van der Waals surface area contributed by atoms with Crippen LogP contribution in [0.5, 0.6) is 5.75 Å². The largest absolute Gasteiger partial charge is 0.497 e. The number of benzene rings is 1. The van der Waals surface area contributed by atoms with Crippen LogP contribution in [-0.2, 0) is 4.74 Å². The van der Waals surface area contributed by atoms with Crippen LogP contribution in [0, 0.1) is 5.92 Å². The van der Waals surface area contributed by atoms with E-state index in [0.29, 0.717) is 18.0 Å². The number of rotatable bonds is 7. The molecule has 6 nitrogen and oxygen atoms in total. The van der Waals surface area contributed by atoms with E-state index in [-0.39, 0.29) is 12.0 Å². The SMILES string of the molecule is COc1cccc(-c2[nH]ncc2C(=O)N(CC2CCC2)C[C@H]2CCCO2)c1.